The fraction of sp³-hybridized carbons (Fsp3) is 1.00. The van der Waals surface area contributed by atoms with Gasteiger partial charge >= 0.3 is 0 Å². The van der Waals surface area contributed by atoms with Gasteiger partial charge in [-0.2, -0.15) is 0 Å². The van der Waals surface area contributed by atoms with Crippen LogP contribution in [-0.4, -0.2) is 24.3 Å². The predicted octanol–water partition coefficient (Wildman–Crippen LogP) is 3.50. The smallest absolute Gasteiger partial charge is 0.0729 e. The molecule has 0 bridgehead atoms. The Morgan fingerprint density at radius 3 is 2.94 bits per heavy atom. The molecule has 2 heteroatoms. The van der Waals surface area contributed by atoms with Crippen molar-refractivity contribution in [1.82, 2.24) is 5.32 Å². The van der Waals surface area contributed by atoms with Gasteiger partial charge in [-0.15, -0.1) is 0 Å². The molecule has 3 aliphatic rings. The van der Waals surface area contributed by atoms with Gasteiger partial charge in [0.15, 0.2) is 0 Å². The molecule has 2 saturated carbocycles. The Morgan fingerprint density at radius 1 is 1.28 bits per heavy atom. The quantitative estimate of drug-likeness (QED) is 0.770. The van der Waals surface area contributed by atoms with Crippen LogP contribution in [0.5, 0.6) is 0 Å². The van der Waals surface area contributed by atoms with Crippen molar-refractivity contribution in [2.24, 2.45) is 11.8 Å². The SMILES string of the molecule is CCC1CCC2OCC3(CCCC(C)C3)NC2C1. The van der Waals surface area contributed by atoms with E-state index in [9.17, 15) is 0 Å². The first-order valence-corrected chi connectivity index (χ1v) is 8.10. The second kappa shape index (κ2) is 5.13. The van der Waals surface area contributed by atoms with E-state index < -0.39 is 0 Å². The summed E-state index contributed by atoms with van der Waals surface area (Å²) < 4.78 is 6.25. The number of hydrogen-bond donors (Lipinski definition) is 1. The van der Waals surface area contributed by atoms with E-state index in [1.165, 1.54) is 51.4 Å². The first kappa shape index (κ1) is 12.9. The van der Waals surface area contributed by atoms with Crippen molar-refractivity contribution in [2.75, 3.05) is 6.61 Å². The molecule has 1 saturated heterocycles. The minimum atomic E-state index is 0.328. The molecule has 1 heterocycles. The molecule has 5 atom stereocenters. The van der Waals surface area contributed by atoms with Gasteiger partial charge in [-0.1, -0.05) is 33.1 Å². The highest BCUT2D eigenvalue weighted by Gasteiger charge is 2.44. The van der Waals surface area contributed by atoms with E-state index in [1.807, 2.05) is 0 Å². The topological polar surface area (TPSA) is 21.3 Å². The molecule has 0 aromatic carbocycles. The molecule has 2 aliphatic carbocycles. The number of rotatable bonds is 1. The summed E-state index contributed by atoms with van der Waals surface area (Å²) in [6, 6.07) is 0.641. The first-order chi connectivity index (χ1) is 8.71. The summed E-state index contributed by atoms with van der Waals surface area (Å²) >= 11 is 0. The van der Waals surface area contributed by atoms with Crippen LogP contribution in [0, 0.1) is 11.8 Å². The normalized spacial score (nSPS) is 49.0. The number of ether oxygens (including phenoxy) is 1. The standard InChI is InChI=1S/C16H29NO/c1-3-13-6-7-15-14(9-13)17-16(11-18-15)8-4-5-12(2)10-16/h12-15,17H,3-11H2,1-2H3. The maximum atomic E-state index is 6.25. The third kappa shape index (κ3) is 2.46. The van der Waals surface area contributed by atoms with Crippen molar-refractivity contribution in [2.45, 2.75) is 82.9 Å². The van der Waals surface area contributed by atoms with Gasteiger partial charge in [0.1, 0.15) is 0 Å². The van der Waals surface area contributed by atoms with Crippen LogP contribution < -0.4 is 5.32 Å². The number of hydrogen-bond acceptors (Lipinski definition) is 2. The van der Waals surface area contributed by atoms with E-state index in [-0.39, 0.29) is 0 Å². The van der Waals surface area contributed by atoms with Crippen LogP contribution in [0.4, 0.5) is 0 Å². The molecule has 1 spiro atoms. The largest absolute Gasteiger partial charge is 0.375 e. The minimum Gasteiger partial charge on any atom is -0.375 e. The van der Waals surface area contributed by atoms with Crippen molar-refractivity contribution in [3.05, 3.63) is 0 Å². The lowest BCUT2D eigenvalue weighted by Crippen LogP contribution is -2.65. The van der Waals surface area contributed by atoms with E-state index in [0.717, 1.165) is 18.4 Å². The molecule has 0 aromatic rings. The van der Waals surface area contributed by atoms with Crippen molar-refractivity contribution < 1.29 is 4.74 Å². The van der Waals surface area contributed by atoms with E-state index >= 15 is 0 Å². The van der Waals surface area contributed by atoms with Gasteiger partial charge in [0.05, 0.1) is 12.7 Å². The molecule has 0 amide bonds. The zero-order valence-corrected chi connectivity index (χ0v) is 12.1. The lowest BCUT2D eigenvalue weighted by Gasteiger charge is -2.51. The minimum absolute atomic E-state index is 0.328. The summed E-state index contributed by atoms with van der Waals surface area (Å²) in [6.45, 7) is 5.72. The Balaban J connectivity index is 1.67. The van der Waals surface area contributed by atoms with Crippen molar-refractivity contribution >= 4 is 0 Å². The van der Waals surface area contributed by atoms with Gasteiger partial charge in [-0.3, -0.25) is 0 Å². The molecule has 1 N–H and O–H groups in total. The van der Waals surface area contributed by atoms with Gasteiger partial charge in [0.2, 0.25) is 0 Å². The fourth-order valence-electron chi connectivity index (χ4n) is 4.58. The monoisotopic (exact) mass is 251 g/mol. The zero-order valence-electron chi connectivity index (χ0n) is 12.1. The summed E-state index contributed by atoms with van der Waals surface area (Å²) in [6.07, 6.45) is 11.3. The van der Waals surface area contributed by atoms with E-state index in [4.69, 9.17) is 4.74 Å². The highest BCUT2D eigenvalue weighted by molar-refractivity contribution is 5.01. The highest BCUT2D eigenvalue weighted by Crippen LogP contribution is 2.39. The van der Waals surface area contributed by atoms with Crippen LogP contribution >= 0.6 is 0 Å². The second-order valence-corrected chi connectivity index (χ2v) is 7.17. The molecule has 2 nitrogen and oxygen atoms in total. The Bertz CT molecular complexity index is 293. The summed E-state index contributed by atoms with van der Waals surface area (Å²) in [5.74, 6) is 1.80. The average Bonchev–Trinajstić information content (AvgIpc) is 2.37. The van der Waals surface area contributed by atoms with E-state index in [1.54, 1.807) is 0 Å². The van der Waals surface area contributed by atoms with Gasteiger partial charge in [-0.25, -0.2) is 0 Å². The highest BCUT2D eigenvalue weighted by atomic mass is 16.5. The average molecular weight is 251 g/mol. The van der Waals surface area contributed by atoms with Crippen molar-refractivity contribution in [3.63, 3.8) is 0 Å². The molecule has 104 valence electrons. The lowest BCUT2D eigenvalue weighted by atomic mass is 9.73. The van der Waals surface area contributed by atoms with E-state index in [0.29, 0.717) is 17.7 Å². The molecular weight excluding hydrogens is 222 g/mol. The third-order valence-electron chi connectivity index (χ3n) is 5.63. The van der Waals surface area contributed by atoms with Crippen molar-refractivity contribution in [3.8, 4) is 0 Å². The molecule has 0 radical (unpaired) electrons. The predicted molar refractivity (Wildman–Crippen MR) is 74.7 cm³/mol. The molecule has 3 fully saturated rings. The molecule has 1 aliphatic heterocycles. The number of morpholine rings is 1. The van der Waals surface area contributed by atoms with Gasteiger partial charge < -0.3 is 10.1 Å². The fourth-order valence-corrected chi connectivity index (χ4v) is 4.58. The van der Waals surface area contributed by atoms with Gasteiger partial charge in [0.25, 0.3) is 0 Å². The first-order valence-electron chi connectivity index (χ1n) is 8.10. The molecule has 18 heavy (non-hydrogen) atoms. The van der Waals surface area contributed by atoms with E-state index in [2.05, 4.69) is 19.2 Å². The Labute approximate surface area is 112 Å². The molecular formula is C16H29NO. The maximum Gasteiger partial charge on any atom is 0.0729 e. The molecule has 0 aromatic heterocycles. The lowest BCUT2D eigenvalue weighted by molar-refractivity contribution is -0.0988. The third-order valence-corrected chi connectivity index (χ3v) is 5.63. The molecule has 5 unspecified atom stereocenters. The molecule has 3 rings (SSSR count). The van der Waals surface area contributed by atoms with Crippen LogP contribution in [-0.2, 0) is 4.74 Å². The summed E-state index contributed by atoms with van der Waals surface area (Å²) in [4.78, 5) is 0. The Morgan fingerprint density at radius 2 is 2.17 bits per heavy atom. The van der Waals surface area contributed by atoms with Gasteiger partial charge in [0, 0.05) is 11.6 Å². The van der Waals surface area contributed by atoms with Gasteiger partial charge in [-0.05, 0) is 43.9 Å². The van der Waals surface area contributed by atoms with Crippen LogP contribution in [0.15, 0.2) is 0 Å². The Kier molecular flexibility index (Phi) is 3.68. The number of fused-ring (bicyclic) bond motifs is 1. The zero-order chi connectivity index (χ0) is 12.6. The van der Waals surface area contributed by atoms with Crippen LogP contribution in [0.1, 0.15) is 65.2 Å². The van der Waals surface area contributed by atoms with Crippen LogP contribution in [0.3, 0.4) is 0 Å². The second-order valence-electron chi connectivity index (χ2n) is 7.17. The summed E-state index contributed by atoms with van der Waals surface area (Å²) in [5, 5.41) is 4.04. The summed E-state index contributed by atoms with van der Waals surface area (Å²) in [7, 11) is 0. The summed E-state index contributed by atoms with van der Waals surface area (Å²) in [5.41, 5.74) is 0.328. The Hall–Kier alpha value is -0.0800. The maximum absolute atomic E-state index is 6.25. The number of nitrogens with one attached hydrogen (secondary N) is 1. The van der Waals surface area contributed by atoms with Crippen LogP contribution in [0.25, 0.3) is 0 Å². The van der Waals surface area contributed by atoms with Crippen molar-refractivity contribution in [1.29, 1.82) is 0 Å². The van der Waals surface area contributed by atoms with Crippen LogP contribution in [0.2, 0.25) is 0 Å².